The molecule has 0 radical (unpaired) electrons. The number of nitrogens with one attached hydrogen (secondary N) is 1. The standard InChI is InChI=1S/C15H19Cl2N/c1-11(3-2-8-18-14-6-7-14)9-12-4-5-13(16)10-15(12)17/h3-5,10,14,18H,2,6-9H2,1H3. The van der Waals surface area contributed by atoms with Gasteiger partial charge in [-0.2, -0.15) is 0 Å². The van der Waals surface area contributed by atoms with E-state index in [2.05, 4.69) is 18.3 Å². The zero-order valence-corrected chi connectivity index (χ0v) is 12.2. The highest BCUT2D eigenvalue weighted by Crippen LogP contribution is 2.23. The SMILES string of the molecule is CC(=CCCNC1CC1)Cc1ccc(Cl)cc1Cl. The molecule has 2 rings (SSSR count). The molecule has 1 nitrogen and oxygen atoms in total. The van der Waals surface area contributed by atoms with Crippen LogP contribution >= 0.6 is 23.2 Å². The fraction of sp³-hybridized carbons (Fsp3) is 0.467. The third-order valence-corrected chi connectivity index (χ3v) is 3.72. The lowest BCUT2D eigenvalue weighted by Gasteiger charge is -2.06. The number of halogens is 2. The Labute approximate surface area is 119 Å². The molecule has 1 aliphatic carbocycles. The summed E-state index contributed by atoms with van der Waals surface area (Å²) in [4.78, 5) is 0. The molecule has 0 aromatic heterocycles. The Kier molecular flexibility index (Phi) is 5.11. The summed E-state index contributed by atoms with van der Waals surface area (Å²) in [5.74, 6) is 0. The van der Waals surface area contributed by atoms with E-state index in [1.807, 2.05) is 12.1 Å². The molecule has 0 amide bonds. The molecular formula is C15H19Cl2N. The van der Waals surface area contributed by atoms with Crippen molar-refractivity contribution >= 4 is 23.2 Å². The Morgan fingerprint density at radius 3 is 2.83 bits per heavy atom. The minimum Gasteiger partial charge on any atom is -0.314 e. The minimum atomic E-state index is 0.694. The van der Waals surface area contributed by atoms with Gasteiger partial charge in [-0.15, -0.1) is 0 Å². The van der Waals surface area contributed by atoms with E-state index >= 15 is 0 Å². The summed E-state index contributed by atoms with van der Waals surface area (Å²) in [6.45, 7) is 3.23. The largest absolute Gasteiger partial charge is 0.314 e. The molecule has 1 aliphatic rings. The van der Waals surface area contributed by atoms with Crippen molar-refractivity contribution in [2.75, 3.05) is 6.54 Å². The summed E-state index contributed by atoms with van der Waals surface area (Å²) in [5.41, 5.74) is 2.50. The molecule has 0 saturated heterocycles. The highest BCUT2D eigenvalue weighted by atomic mass is 35.5. The highest BCUT2D eigenvalue weighted by Gasteiger charge is 2.19. The summed E-state index contributed by atoms with van der Waals surface area (Å²) < 4.78 is 0. The van der Waals surface area contributed by atoms with Crippen LogP contribution in [0.15, 0.2) is 29.8 Å². The van der Waals surface area contributed by atoms with Gasteiger partial charge in [-0.25, -0.2) is 0 Å². The van der Waals surface area contributed by atoms with Crippen molar-refractivity contribution in [1.29, 1.82) is 0 Å². The van der Waals surface area contributed by atoms with E-state index in [9.17, 15) is 0 Å². The first-order chi connectivity index (χ1) is 8.65. The second-order valence-electron chi connectivity index (χ2n) is 4.98. The second kappa shape index (κ2) is 6.60. The molecule has 1 aromatic rings. The monoisotopic (exact) mass is 283 g/mol. The zero-order chi connectivity index (χ0) is 13.0. The maximum atomic E-state index is 6.16. The van der Waals surface area contributed by atoms with Crippen LogP contribution in [0.5, 0.6) is 0 Å². The molecule has 1 N–H and O–H groups in total. The van der Waals surface area contributed by atoms with Gasteiger partial charge in [-0.05, 0) is 56.8 Å². The fourth-order valence-corrected chi connectivity index (χ4v) is 2.41. The lowest BCUT2D eigenvalue weighted by molar-refractivity contribution is 0.688. The van der Waals surface area contributed by atoms with Crippen LogP contribution in [0.25, 0.3) is 0 Å². The van der Waals surface area contributed by atoms with E-state index < -0.39 is 0 Å². The van der Waals surface area contributed by atoms with E-state index in [4.69, 9.17) is 23.2 Å². The Balaban J connectivity index is 1.80. The molecule has 18 heavy (non-hydrogen) atoms. The fourth-order valence-electron chi connectivity index (χ4n) is 1.93. The minimum absolute atomic E-state index is 0.694. The Morgan fingerprint density at radius 1 is 1.39 bits per heavy atom. The second-order valence-corrected chi connectivity index (χ2v) is 5.82. The van der Waals surface area contributed by atoms with Gasteiger partial charge in [0.1, 0.15) is 0 Å². The lowest BCUT2D eigenvalue weighted by atomic mass is 10.1. The van der Waals surface area contributed by atoms with Gasteiger partial charge in [-0.3, -0.25) is 0 Å². The maximum absolute atomic E-state index is 6.16. The topological polar surface area (TPSA) is 12.0 Å². The first kappa shape index (κ1) is 13.9. The summed E-state index contributed by atoms with van der Waals surface area (Å²) in [6, 6.07) is 6.50. The van der Waals surface area contributed by atoms with E-state index in [0.29, 0.717) is 5.02 Å². The van der Waals surface area contributed by atoms with Gasteiger partial charge < -0.3 is 5.32 Å². The van der Waals surface area contributed by atoms with Gasteiger partial charge in [0.05, 0.1) is 0 Å². The van der Waals surface area contributed by atoms with Crippen molar-refractivity contribution in [3.05, 3.63) is 45.5 Å². The predicted molar refractivity (Wildman–Crippen MR) is 79.6 cm³/mol. The number of hydrogen-bond acceptors (Lipinski definition) is 1. The third kappa shape index (κ3) is 4.64. The van der Waals surface area contributed by atoms with E-state index in [1.54, 1.807) is 6.07 Å². The summed E-state index contributed by atoms with van der Waals surface area (Å²) >= 11 is 12.0. The van der Waals surface area contributed by atoms with Crippen molar-refractivity contribution in [2.24, 2.45) is 0 Å². The van der Waals surface area contributed by atoms with Crippen molar-refractivity contribution in [2.45, 2.75) is 38.6 Å². The van der Waals surface area contributed by atoms with Crippen molar-refractivity contribution < 1.29 is 0 Å². The average Bonchev–Trinajstić information content (AvgIpc) is 3.12. The number of benzene rings is 1. The molecule has 0 heterocycles. The van der Waals surface area contributed by atoms with Crippen LogP contribution in [0.2, 0.25) is 10.0 Å². The molecule has 1 saturated carbocycles. The Hall–Kier alpha value is -0.500. The van der Waals surface area contributed by atoms with Gasteiger partial charge in [-0.1, -0.05) is 40.9 Å². The first-order valence-corrected chi connectivity index (χ1v) is 7.23. The van der Waals surface area contributed by atoms with Crippen LogP contribution < -0.4 is 5.32 Å². The van der Waals surface area contributed by atoms with E-state index in [-0.39, 0.29) is 0 Å². The summed E-state index contributed by atoms with van der Waals surface area (Å²) in [5, 5.41) is 4.96. The molecule has 0 spiro atoms. The van der Waals surface area contributed by atoms with Crippen molar-refractivity contribution in [1.82, 2.24) is 5.32 Å². The molecule has 0 atom stereocenters. The molecule has 1 fully saturated rings. The van der Waals surface area contributed by atoms with E-state index in [0.717, 1.165) is 36.0 Å². The van der Waals surface area contributed by atoms with Gasteiger partial charge in [0.25, 0.3) is 0 Å². The molecule has 3 heteroatoms. The van der Waals surface area contributed by atoms with Crippen LogP contribution in [0.3, 0.4) is 0 Å². The lowest BCUT2D eigenvalue weighted by Crippen LogP contribution is -2.16. The van der Waals surface area contributed by atoms with Crippen LogP contribution in [0.1, 0.15) is 31.7 Å². The van der Waals surface area contributed by atoms with Gasteiger partial charge in [0, 0.05) is 16.1 Å². The van der Waals surface area contributed by atoms with Gasteiger partial charge >= 0.3 is 0 Å². The maximum Gasteiger partial charge on any atom is 0.0456 e. The van der Waals surface area contributed by atoms with Gasteiger partial charge in [0.15, 0.2) is 0 Å². The van der Waals surface area contributed by atoms with Crippen LogP contribution in [0, 0.1) is 0 Å². The molecule has 0 aliphatic heterocycles. The van der Waals surface area contributed by atoms with Crippen LogP contribution in [-0.4, -0.2) is 12.6 Å². The molecule has 98 valence electrons. The zero-order valence-electron chi connectivity index (χ0n) is 10.7. The van der Waals surface area contributed by atoms with Crippen LogP contribution in [-0.2, 0) is 6.42 Å². The smallest absolute Gasteiger partial charge is 0.0456 e. The first-order valence-electron chi connectivity index (χ1n) is 6.48. The average molecular weight is 284 g/mol. The molecule has 1 aromatic carbocycles. The Bertz CT molecular complexity index is 436. The number of hydrogen-bond donors (Lipinski definition) is 1. The molecular weight excluding hydrogens is 265 g/mol. The summed E-state index contributed by atoms with van der Waals surface area (Å²) in [7, 11) is 0. The Morgan fingerprint density at radius 2 is 2.17 bits per heavy atom. The van der Waals surface area contributed by atoms with Gasteiger partial charge in [0.2, 0.25) is 0 Å². The summed E-state index contributed by atoms with van der Waals surface area (Å²) in [6.07, 6.45) is 6.99. The van der Waals surface area contributed by atoms with Crippen LogP contribution in [0.4, 0.5) is 0 Å². The predicted octanol–water partition coefficient (Wildman–Crippen LogP) is 4.62. The molecule has 0 bridgehead atoms. The van der Waals surface area contributed by atoms with E-state index in [1.165, 1.54) is 18.4 Å². The number of rotatable bonds is 6. The quantitative estimate of drug-likeness (QED) is 0.593. The van der Waals surface area contributed by atoms with Crippen molar-refractivity contribution in [3.8, 4) is 0 Å². The van der Waals surface area contributed by atoms with Crippen molar-refractivity contribution in [3.63, 3.8) is 0 Å². The molecule has 0 unspecified atom stereocenters. The third-order valence-electron chi connectivity index (χ3n) is 3.13. The highest BCUT2D eigenvalue weighted by molar-refractivity contribution is 6.35. The normalized spacial score (nSPS) is 16.1. The number of allylic oxidation sites excluding steroid dienone is 1.